The molecule has 5 nitrogen and oxygen atoms in total. The summed E-state index contributed by atoms with van der Waals surface area (Å²) in [5.41, 5.74) is 2.00. The SMILES string of the molecule is C[C@H](CCc1ccccc1)NC(=O)c1cccc(S(=O)(=O)Nc2ccccc2)c1. The highest BCUT2D eigenvalue weighted by Crippen LogP contribution is 2.17. The van der Waals surface area contributed by atoms with Crippen LogP contribution in [0.2, 0.25) is 0 Å². The Bertz CT molecular complexity index is 1050. The largest absolute Gasteiger partial charge is 0.350 e. The molecule has 3 rings (SSSR count). The molecule has 29 heavy (non-hydrogen) atoms. The first-order valence-corrected chi connectivity index (χ1v) is 10.9. The van der Waals surface area contributed by atoms with Gasteiger partial charge in [0, 0.05) is 17.3 Å². The molecule has 3 aromatic carbocycles. The fourth-order valence-electron chi connectivity index (χ4n) is 2.93. The molecule has 0 aromatic heterocycles. The maximum Gasteiger partial charge on any atom is 0.261 e. The van der Waals surface area contributed by atoms with Crippen LogP contribution in [0.4, 0.5) is 5.69 Å². The summed E-state index contributed by atoms with van der Waals surface area (Å²) in [6, 6.07) is 24.7. The Hall–Kier alpha value is -3.12. The number of nitrogens with one attached hydrogen (secondary N) is 2. The van der Waals surface area contributed by atoms with E-state index in [2.05, 4.69) is 22.2 Å². The van der Waals surface area contributed by atoms with Gasteiger partial charge in [0.05, 0.1) is 4.90 Å². The van der Waals surface area contributed by atoms with Gasteiger partial charge in [-0.3, -0.25) is 9.52 Å². The van der Waals surface area contributed by atoms with Gasteiger partial charge in [-0.05, 0) is 55.7 Å². The average Bonchev–Trinajstić information content (AvgIpc) is 2.73. The number of sulfonamides is 1. The van der Waals surface area contributed by atoms with Crippen LogP contribution in [0.1, 0.15) is 29.3 Å². The minimum atomic E-state index is -3.77. The molecule has 0 saturated carbocycles. The number of rotatable bonds is 8. The molecule has 0 saturated heterocycles. The highest BCUT2D eigenvalue weighted by Gasteiger charge is 2.17. The van der Waals surface area contributed by atoms with Crippen molar-refractivity contribution in [3.05, 3.63) is 96.1 Å². The maximum absolute atomic E-state index is 12.6. The van der Waals surface area contributed by atoms with E-state index in [1.54, 1.807) is 36.4 Å². The molecular weight excluding hydrogens is 384 g/mol. The van der Waals surface area contributed by atoms with Gasteiger partial charge in [0.2, 0.25) is 0 Å². The molecule has 6 heteroatoms. The highest BCUT2D eigenvalue weighted by atomic mass is 32.2. The number of hydrogen-bond acceptors (Lipinski definition) is 3. The summed E-state index contributed by atoms with van der Waals surface area (Å²) in [5, 5.41) is 2.94. The summed E-state index contributed by atoms with van der Waals surface area (Å²) in [7, 11) is -3.77. The molecule has 2 N–H and O–H groups in total. The van der Waals surface area contributed by atoms with E-state index in [9.17, 15) is 13.2 Å². The molecule has 1 atom stereocenters. The third-order valence-corrected chi connectivity index (χ3v) is 5.90. The highest BCUT2D eigenvalue weighted by molar-refractivity contribution is 7.92. The number of para-hydroxylation sites is 1. The number of anilines is 1. The van der Waals surface area contributed by atoms with Gasteiger partial charge >= 0.3 is 0 Å². The first-order valence-electron chi connectivity index (χ1n) is 9.47. The summed E-state index contributed by atoms with van der Waals surface area (Å²) in [4.78, 5) is 12.6. The number of benzene rings is 3. The lowest BCUT2D eigenvalue weighted by atomic mass is 10.1. The molecule has 0 spiro atoms. The smallest absolute Gasteiger partial charge is 0.261 e. The van der Waals surface area contributed by atoms with Crippen molar-refractivity contribution in [3.63, 3.8) is 0 Å². The van der Waals surface area contributed by atoms with Crippen LogP contribution in [0, 0.1) is 0 Å². The fourth-order valence-corrected chi connectivity index (χ4v) is 4.04. The normalized spacial score (nSPS) is 12.2. The topological polar surface area (TPSA) is 75.3 Å². The van der Waals surface area contributed by atoms with Gasteiger partial charge in [-0.2, -0.15) is 0 Å². The number of amides is 1. The van der Waals surface area contributed by atoms with Crippen LogP contribution in [-0.2, 0) is 16.4 Å². The van der Waals surface area contributed by atoms with E-state index in [1.807, 2.05) is 31.2 Å². The van der Waals surface area contributed by atoms with E-state index in [0.717, 1.165) is 12.8 Å². The second-order valence-corrected chi connectivity index (χ2v) is 8.58. The fraction of sp³-hybridized carbons (Fsp3) is 0.174. The van der Waals surface area contributed by atoms with E-state index in [0.29, 0.717) is 11.3 Å². The Morgan fingerprint density at radius 2 is 1.55 bits per heavy atom. The van der Waals surface area contributed by atoms with Crippen LogP contribution in [0.15, 0.2) is 89.8 Å². The molecule has 150 valence electrons. The van der Waals surface area contributed by atoms with E-state index in [1.165, 1.54) is 17.7 Å². The van der Waals surface area contributed by atoms with Crippen LogP contribution in [-0.4, -0.2) is 20.4 Å². The minimum Gasteiger partial charge on any atom is -0.350 e. The molecule has 0 bridgehead atoms. The molecule has 0 aliphatic carbocycles. The second kappa shape index (κ2) is 9.39. The van der Waals surface area contributed by atoms with Crippen molar-refractivity contribution in [1.82, 2.24) is 5.32 Å². The third kappa shape index (κ3) is 5.93. The maximum atomic E-state index is 12.6. The molecular formula is C23H24N2O3S. The van der Waals surface area contributed by atoms with Crippen LogP contribution >= 0.6 is 0 Å². The zero-order valence-corrected chi connectivity index (χ0v) is 17.0. The molecule has 0 aliphatic rings. The Morgan fingerprint density at radius 3 is 2.24 bits per heavy atom. The van der Waals surface area contributed by atoms with Crippen molar-refractivity contribution in [1.29, 1.82) is 0 Å². The molecule has 0 radical (unpaired) electrons. The predicted octanol–water partition coefficient (Wildman–Crippen LogP) is 4.24. The van der Waals surface area contributed by atoms with Gasteiger partial charge in [-0.1, -0.05) is 54.6 Å². The van der Waals surface area contributed by atoms with Crippen LogP contribution < -0.4 is 10.0 Å². The Kier molecular flexibility index (Phi) is 6.67. The predicted molar refractivity (Wildman–Crippen MR) is 115 cm³/mol. The van der Waals surface area contributed by atoms with Gasteiger partial charge in [-0.25, -0.2) is 8.42 Å². The Balaban J connectivity index is 1.64. The first-order chi connectivity index (χ1) is 13.9. The molecule has 1 amide bonds. The van der Waals surface area contributed by atoms with Gasteiger partial charge in [-0.15, -0.1) is 0 Å². The van der Waals surface area contributed by atoms with Crippen molar-refractivity contribution in [2.45, 2.75) is 30.7 Å². The lowest BCUT2D eigenvalue weighted by molar-refractivity contribution is 0.0938. The Morgan fingerprint density at radius 1 is 0.897 bits per heavy atom. The summed E-state index contributed by atoms with van der Waals surface area (Å²) in [5.74, 6) is -0.290. The molecule has 0 heterocycles. The zero-order valence-electron chi connectivity index (χ0n) is 16.2. The van der Waals surface area contributed by atoms with Gasteiger partial charge in [0.25, 0.3) is 15.9 Å². The molecule has 0 unspecified atom stereocenters. The molecule has 0 aliphatic heterocycles. The van der Waals surface area contributed by atoms with Crippen LogP contribution in [0.3, 0.4) is 0 Å². The summed E-state index contributed by atoms with van der Waals surface area (Å²) in [6.45, 7) is 1.94. The lowest BCUT2D eigenvalue weighted by Crippen LogP contribution is -2.33. The van der Waals surface area contributed by atoms with Crippen molar-refractivity contribution < 1.29 is 13.2 Å². The third-order valence-electron chi connectivity index (χ3n) is 4.52. The van der Waals surface area contributed by atoms with Crippen molar-refractivity contribution >= 4 is 21.6 Å². The zero-order chi connectivity index (χ0) is 20.7. The van der Waals surface area contributed by atoms with Gasteiger partial charge in [0.1, 0.15) is 0 Å². The standard InChI is InChI=1S/C23H24N2O3S/c1-18(15-16-19-9-4-2-5-10-19)24-23(26)20-11-8-14-22(17-20)29(27,28)25-21-12-6-3-7-13-21/h2-14,17-18,25H,15-16H2,1H3,(H,24,26)/t18-/m1/s1. The number of carbonyl (C=O) groups excluding carboxylic acids is 1. The average molecular weight is 409 g/mol. The summed E-state index contributed by atoms with van der Waals surface area (Å²) >= 11 is 0. The van der Waals surface area contributed by atoms with E-state index in [4.69, 9.17) is 0 Å². The molecule has 3 aromatic rings. The van der Waals surface area contributed by atoms with E-state index < -0.39 is 10.0 Å². The van der Waals surface area contributed by atoms with Crippen molar-refractivity contribution in [2.24, 2.45) is 0 Å². The summed E-state index contributed by atoms with van der Waals surface area (Å²) < 4.78 is 27.8. The number of hydrogen-bond donors (Lipinski definition) is 2. The Labute approximate surface area is 171 Å². The lowest BCUT2D eigenvalue weighted by Gasteiger charge is -2.15. The van der Waals surface area contributed by atoms with Gasteiger partial charge in [0.15, 0.2) is 0 Å². The second-order valence-electron chi connectivity index (χ2n) is 6.90. The number of carbonyl (C=O) groups is 1. The van der Waals surface area contributed by atoms with E-state index >= 15 is 0 Å². The minimum absolute atomic E-state index is 0.0367. The summed E-state index contributed by atoms with van der Waals surface area (Å²) in [6.07, 6.45) is 1.65. The monoisotopic (exact) mass is 408 g/mol. The van der Waals surface area contributed by atoms with Crippen molar-refractivity contribution in [2.75, 3.05) is 4.72 Å². The van der Waals surface area contributed by atoms with Crippen LogP contribution in [0.25, 0.3) is 0 Å². The first kappa shape index (κ1) is 20.6. The quantitative estimate of drug-likeness (QED) is 0.585. The number of aryl methyl sites for hydroxylation is 1. The van der Waals surface area contributed by atoms with E-state index in [-0.39, 0.29) is 16.8 Å². The molecule has 0 fully saturated rings. The van der Waals surface area contributed by atoms with Crippen molar-refractivity contribution in [3.8, 4) is 0 Å². The van der Waals surface area contributed by atoms with Gasteiger partial charge < -0.3 is 5.32 Å². The van der Waals surface area contributed by atoms with Crippen LogP contribution in [0.5, 0.6) is 0 Å².